The number of benzene rings is 2. The van der Waals surface area contributed by atoms with Crippen molar-refractivity contribution in [2.75, 3.05) is 5.32 Å². The van der Waals surface area contributed by atoms with Gasteiger partial charge >= 0.3 is 6.18 Å². The van der Waals surface area contributed by atoms with Gasteiger partial charge < -0.3 is 5.32 Å². The lowest BCUT2D eigenvalue weighted by Crippen LogP contribution is -2.25. The molecule has 9 heteroatoms. The summed E-state index contributed by atoms with van der Waals surface area (Å²) in [5.74, 6) is -0.763. The number of para-hydroxylation sites is 1. The van der Waals surface area contributed by atoms with Crippen molar-refractivity contribution < 1.29 is 26.4 Å². The number of hydrogen-bond acceptors (Lipinski definition) is 3. The van der Waals surface area contributed by atoms with Gasteiger partial charge in [0, 0.05) is 11.6 Å². The molecule has 1 saturated carbocycles. The number of nitrogens with one attached hydrogen (secondary N) is 2. The summed E-state index contributed by atoms with van der Waals surface area (Å²) in [7, 11) is -3.65. The Bertz CT molecular complexity index is 921. The average Bonchev–Trinajstić information content (AvgIpc) is 3.38. The molecule has 0 saturated heterocycles. The lowest BCUT2D eigenvalue weighted by Gasteiger charge is -2.13. The molecule has 1 aliphatic carbocycles. The van der Waals surface area contributed by atoms with Crippen LogP contribution in [0.25, 0.3) is 0 Å². The van der Waals surface area contributed by atoms with E-state index < -0.39 is 27.7 Å². The second kappa shape index (κ2) is 6.73. The Kier molecular flexibility index (Phi) is 4.76. The first-order valence-corrected chi connectivity index (χ1v) is 9.25. The van der Waals surface area contributed by atoms with Crippen molar-refractivity contribution in [3.8, 4) is 0 Å². The molecule has 2 aromatic carbocycles. The predicted octanol–water partition coefficient (Wildman–Crippen LogP) is 3.40. The van der Waals surface area contributed by atoms with Crippen molar-refractivity contribution in [3.05, 3.63) is 59.7 Å². The lowest BCUT2D eigenvalue weighted by molar-refractivity contribution is -0.136. The third-order valence-corrected chi connectivity index (χ3v) is 5.34. The number of amides is 1. The molecule has 2 aromatic rings. The molecule has 2 N–H and O–H groups in total. The second-order valence-corrected chi connectivity index (χ2v) is 7.63. The minimum Gasteiger partial charge on any atom is -0.321 e. The number of anilines is 1. The number of hydrogen-bond donors (Lipinski definition) is 2. The van der Waals surface area contributed by atoms with Crippen molar-refractivity contribution in [2.24, 2.45) is 0 Å². The van der Waals surface area contributed by atoms with Crippen molar-refractivity contribution in [1.82, 2.24) is 4.72 Å². The zero-order valence-electron chi connectivity index (χ0n) is 13.4. The summed E-state index contributed by atoms with van der Waals surface area (Å²) in [6.45, 7) is 0. The fraction of sp³-hybridized carbons (Fsp3) is 0.235. The number of carbonyl (C=O) groups is 1. The number of halogens is 3. The van der Waals surface area contributed by atoms with Gasteiger partial charge in [-0.3, -0.25) is 4.79 Å². The maximum absolute atomic E-state index is 13.0. The van der Waals surface area contributed by atoms with Crippen LogP contribution in [0, 0.1) is 0 Å². The molecule has 26 heavy (non-hydrogen) atoms. The molecule has 1 aliphatic rings. The van der Waals surface area contributed by atoms with Crippen LogP contribution < -0.4 is 10.0 Å². The molecular weight excluding hydrogens is 369 g/mol. The molecular formula is C17H15F3N2O3S. The Morgan fingerprint density at radius 3 is 2.19 bits per heavy atom. The van der Waals surface area contributed by atoms with E-state index in [1.54, 1.807) is 0 Å². The molecule has 0 radical (unpaired) electrons. The van der Waals surface area contributed by atoms with Crippen LogP contribution in [0.2, 0.25) is 0 Å². The molecule has 5 nitrogen and oxygen atoms in total. The second-order valence-electron chi connectivity index (χ2n) is 5.92. The molecule has 0 unspecified atom stereocenters. The van der Waals surface area contributed by atoms with Crippen LogP contribution >= 0.6 is 0 Å². The van der Waals surface area contributed by atoms with Gasteiger partial charge in [0.15, 0.2) is 0 Å². The molecule has 138 valence electrons. The van der Waals surface area contributed by atoms with Gasteiger partial charge in [-0.05, 0) is 49.2 Å². The minimum absolute atomic E-state index is 0.00311. The van der Waals surface area contributed by atoms with E-state index in [1.165, 1.54) is 36.4 Å². The maximum Gasteiger partial charge on any atom is 0.418 e. The van der Waals surface area contributed by atoms with Crippen LogP contribution in [0.1, 0.15) is 28.8 Å². The lowest BCUT2D eigenvalue weighted by atomic mass is 10.1. The largest absolute Gasteiger partial charge is 0.418 e. The average molecular weight is 384 g/mol. The van der Waals surface area contributed by atoms with Crippen molar-refractivity contribution >= 4 is 21.6 Å². The molecule has 0 aliphatic heterocycles. The van der Waals surface area contributed by atoms with Gasteiger partial charge in [-0.15, -0.1) is 0 Å². The van der Waals surface area contributed by atoms with Crippen molar-refractivity contribution in [2.45, 2.75) is 30.0 Å². The summed E-state index contributed by atoms with van der Waals surface area (Å²) in [6, 6.07) is 9.58. The third-order valence-electron chi connectivity index (χ3n) is 3.81. The third kappa shape index (κ3) is 4.23. The van der Waals surface area contributed by atoms with Crippen LogP contribution in [0.4, 0.5) is 18.9 Å². The fourth-order valence-electron chi connectivity index (χ4n) is 2.31. The summed E-state index contributed by atoms with van der Waals surface area (Å²) in [5, 5.41) is 2.21. The number of carbonyl (C=O) groups excluding carboxylic acids is 1. The van der Waals surface area contributed by atoms with Gasteiger partial charge in [0.2, 0.25) is 10.0 Å². The number of sulfonamides is 1. The smallest absolute Gasteiger partial charge is 0.321 e. The van der Waals surface area contributed by atoms with E-state index in [1.807, 2.05) is 0 Å². The SMILES string of the molecule is O=C(Nc1ccccc1C(F)(F)F)c1ccc(S(=O)(=O)NC2CC2)cc1. The molecule has 0 atom stereocenters. The van der Waals surface area contributed by atoms with E-state index in [0.717, 1.165) is 25.0 Å². The zero-order valence-corrected chi connectivity index (χ0v) is 14.2. The molecule has 1 amide bonds. The van der Waals surface area contributed by atoms with Gasteiger partial charge in [-0.25, -0.2) is 13.1 Å². The van der Waals surface area contributed by atoms with Gasteiger partial charge in [0.05, 0.1) is 16.1 Å². The predicted molar refractivity (Wildman–Crippen MR) is 89.2 cm³/mol. The summed E-state index contributed by atoms with van der Waals surface area (Å²) in [6.07, 6.45) is -3.02. The Balaban J connectivity index is 1.77. The summed E-state index contributed by atoms with van der Waals surface area (Å²) < 4.78 is 65.6. The Morgan fingerprint density at radius 1 is 1.00 bits per heavy atom. The van der Waals surface area contributed by atoms with E-state index >= 15 is 0 Å². The van der Waals surface area contributed by atoms with Crippen LogP contribution in [0.15, 0.2) is 53.4 Å². The quantitative estimate of drug-likeness (QED) is 0.830. The first kappa shape index (κ1) is 18.4. The normalized spacial score (nSPS) is 14.9. The van der Waals surface area contributed by atoms with Crippen LogP contribution in [-0.2, 0) is 16.2 Å². The monoisotopic (exact) mass is 384 g/mol. The van der Waals surface area contributed by atoms with Gasteiger partial charge in [0.25, 0.3) is 5.91 Å². The zero-order chi connectivity index (χ0) is 18.9. The summed E-state index contributed by atoms with van der Waals surface area (Å²) in [5.41, 5.74) is -1.27. The highest BCUT2D eigenvalue weighted by atomic mass is 32.2. The summed E-state index contributed by atoms with van der Waals surface area (Å²) in [4.78, 5) is 12.2. The number of rotatable bonds is 5. The molecule has 0 spiro atoms. The molecule has 0 heterocycles. The Hall–Kier alpha value is -2.39. The number of alkyl halides is 3. The minimum atomic E-state index is -4.60. The maximum atomic E-state index is 13.0. The van der Waals surface area contributed by atoms with E-state index in [-0.39, 0.29) is 22.2 Å². The molecule has 1 fully saturated rings. The first-order valence-electron chi connectivity index (χ1n) is 7.77. The topological polar surface area (TPSA) is 75.3 Å². The Labute approximate surface area is 148 Å². The van der Waals surface area contributed by atoms with E-state index in [0.29, 0.717) is 0 Å². The molecule has 0 bridgehead atoms. The van der Waals surface area contributed by atoms with Crippen LogP contribution in [0.3, 0.4) is 0 Å². The van der Waals surface area contributed by atoms with Gasteiger partial charge in [-0.1, -0.05) is 12.1 Å². The molecule has 0 aromatic heterocycles. The van der Waals surface area contributed by atoms with Crippen molar-refractivity contribution in [3.63, 3.8) is 0 Å². The first-order chi connectivity index (χ1) is 12.2. The van der Waals surface area contributed by atoms with E-state index in [9.17, 15) is 26.4 Å². The Morgan fingerprint density at radius 2 is 1.62 bits per heavy atom. The fourth-order valence-corrected chi connectivity index (χ4v) is 3.61. The van der Waals surface area contributed by atoms with E-state index in [4.69, 9.17) is 0 Å². The van der Waals surface area contributed by atoms with E-state index in [2.05, 4.69) is 10.0 Å². The van der Waals surface area contributed by atoms with Gasteiger partial charge in [-0.2, -0.15) is 13.2 Å². The van der Waals surface area contributed by atoms with Crippen molar-refractivity contribution in [1.29, 1.82) is 0 Å². The highest BCUT2D eigenvalue weighted by molar-refractivity contribution is 7.89. The van der Waals surface area contributed by atoms with Gasteiger partial charge in [0.1, 0.15) is 0 Å². The van der Waals surface area contributed by atoms with Crippen LogP contribution in [0.5, 0.6) is 0 Å². The van der Waals surface area contributed by atoms with Crippen LogP contribution in [-0.4, -0.2) is 20.4 Å². The summed E-state index contributed by atoms with van der Waals surface area (Å²) >= 11 is 0. The standard InChI is InChI=1S/C17H15F3N2O3S/c18-17(19,20)14-3-1-2-4-15(14)21-16(23)11-5-9-13(10-6-11)26(24,25)22-12-7-8-12/h1-6,9-10,12,22H,7-8H2,(H,21,23). The highest BCUT2D eigenvalue weighted by Gasteiger charge is 2.33. The molecule has 3 rings (SSSR count). The highest BCUT2D eigenvalue weighted by Crippen LogP contribution is 2.34.